The van der Waals surface area contributed by atoms with Crippen molar-refractivity contribution in [2.45, 2.75) is 19.3 Å². The predicted molar refractivity (Wildman–Crippen MR) is 99.8 cm³/mol. The molecular weight excluding hydrogens is 332 g/mol. The monoisotopic (exact) mass is 354 g/mol. The summed E-state index contributed by atoms with van der Waals surface area (Å²) in [5, 5.41) is 2.80. The molecule has 1 aliphatic rings. The van der Waals surface area contributed by atoms with Gasteiger partial charge in [0.25, 0.3) is 5.91 Å². The number of piperidine rings is 1. The van der Waals surface area contributed by atoms with Gasteiger partial charge in [0.1, 0.15) is 11.5 Å². The van der Waals surface area contributed by atoms with Gasteiger partial charge in [0.15, 0.2) is 6.61 Å². The highest BCUT2D eigenvalue weighted by Crippen LogP contribution is 2.24. The van der Waals surface area contributed by atoms with E-state index in [0.717, 1.165) is 25.1 Å². The van der Waals surface area contributed by atoms with Crippen molar-refractivity contribution < 1.29 is 19.1 Å². The molecule has 6 heteroatoms. The summed E-state index contributed by atoms with van der Waals surface area (Å²) in [5.74, 6) is 1.09. The van der Waals surface area contributed by atoms with Crippen LogP contribution < -0.4 is 19.7 Å². The first-order valence-corrected chi connectivity index (χ1v) is 8.63. The standard InChI is InChI=1S/C20H22N2O4/c1-25-17-8-5-9-18(13-17)26-14-19(23)21-15-6-4-7-16(12-15)22-11-3-2-10-20(22)24/h4-9,12-13H,2-3,10-11,14H2,1H3,(H,21,23). The zero-order valence-corrected chi connectivity index (χ0v) is 14.7. The highest BCUT2D eigenvalue weighted by molar-refractivity contribution is 5.96. The fraction of sp³-hybridized carbons (Fsp3) is 0.300. The fourth-order valence-electron chi connectivity index (χ4n) is 2.87. The lowest BCUT2D eigenvalue weighted by atomic mass is 10.1. The lowest BCUT2D eigenvalue weighted by Gasteiger charge is -2.27. The Morgan fingerprint density at radius 2 is 1.92 bits per heavy atom. The third-order valence-corrected chi connectivity index (χ3v) is 4.18. The zero-order valence-electron chi connectivity index (χ0n) is 14.7. The van der Waals surface area contributed by atoms with Crippen LogP contribution in [0.5, 0.6) is 11.5 Å². The molecule has 0 aliphatic carbocycles. The van der Waals surface area contributed by atoms with Gasteiger partial charge in [-0.1, -0.05) is 12.1 Å². The molecule has 0 unspecified atom stereocenters. The van der Waals surface area contributed by atoms with Gasteiger partial charge in [-0.3, -0.25) is 9.59 Å². The van der Waals surface area contributed by atoms with Crippen LogP contribution in [0.15, 0.2) is 48.5 Å². The summed E-state index contributed by atoms with van der Waals surface area (Å²) in [4.78, 5) is 26.0. The number of benzene rings is 2. The minimum absolute atomic E-state index is 0.111. The Hall–Kier alpha value is -3.02. The van der Waals surface area contributed by atoms with Crippen LogP contribution in [0, 0.1) is 0 Å². The zero-order chi connectivity index (χ0) is 18.4. The summed E-state index contributed by atoms with van der Waals surface area (Å²) < 4.78 is 10.6. The summed E-state index contributed by atoms with van der Waals surface area (Å²) >= 11 is 0. The fourth-order valence-corrected chi connectivity index (χ4v) is 2.87. The topological polar surface area (TPSA) is 67.9 Å². The van der Waals surface area contributed by atoms with Crippen LogP contribution in [0.2, 0.25) is 0 Å². The number of ether oxygens (including phenoxy) is 2. The Morgan fingerprint density at radius 1 is 1.12 bits per heavy atom. The summed E-state index contributed by atoms with van der Waals surface area (Å²) in [6.45, 7) is 0.606. The quantitative estimate of drug-likeness (QED) is 0.865. The van der Waals surface area contributed by atoms with Gasteiger partial charge in [-0.15, -0.1) is 0 Å². The Balaban J connectivity index is 1.58. The van der Waals surface area contributed by atoms with E-state index >= 15 is 0 Å². The van der Waals surface area contributed by atoms with E-state index < -0.39 is 0 Å². The molecule has 2 amide bonds. The molecule has 1 aliphatic heterocycles. The van der Waals surface area contributed by atoms with Gasteiger partial charge in [0, 0.05) is 30.4 Å². The van der Waals surface area contributed by atoms with Crippen molar-refractivity contribution in [3.05, 3.63) is 48.5 Å². The average molecular weight is 354 g/mol. The number of nitrogens with zero attached hydrogens (tertiary/aromatic N) is 1. The molecule has 6 nitrogen and oxygen atoms in total. The van der Waals surface area contributed by atoms with Crippen LogP contribution in [0.4, 0.5) is 11.4 Å². The largest absolute Gasteiger partial charge is 0.497 e. The number of anilines is 2. The van der Waals surface area contributed by atoms with E-state index in [1.54, 1.807) is 42.3 Å². The van der Waals surface area contributed by atoms with E-state index in [1.807, 2.05) is 18.2 Å². The number of carbonyl (C=O) groups excluding carboxylic acids is 2. The second-order valence-electron chi connectivity index (χ2n) is 6.07. The highest BCUT2D eigenvalue weighted by Gasteiger charge is 2.19. The highest BCUT2D eigenvalue weighted by atomic mass is 16.5. The van der Waals surface area contributed by atoms with E-state index in [2.05, 4.69) is 5.32 Å². The molecule has 0 radical (unpaired) electrons. The lowest BCUT2D eigenvalue weighted by molar-refractivity contribution is -0.119. The maximum Gasteiger partial charge on any atom is 0.262 e. The molecule has 2 aromatic carbocycles. The Morgan fingerprint density at radius 3 is 2.73 bits per heavy atom. The molecule has 0 saturated carbocycles. The Kier molecular flexibility index (Phi) is 5.73. The molecule has 2 aromatic rings. The molecule has 0 spiro atoms. The van der Waals surface area contributed by atoms with Crippen molar-refractivity contribution in [1.29, 1.82) is 0 Å². The van der Waals surface area contributed by atoms with Gasteiger partial charge in [-0.2, -0.15) is 0 Å². The number of nitrogens with one attached hydrogen (secondary N) is 1. The van der Waals surface area contributed by atoms with E-state index in [1.165, 1.54) is 0 Å². The third kappa shape index (κ3) is 4.53. The minimum atomic E-state index is -0.269. The maximum absolute atomic E-state index is 12.1. The summed E-state index contributed by atoms with van der Waals surface area (Å²) in [6, 6.07) is 14.4. The molecule has 1 fully saturated rings. The first kappa shape index (κ1) is 17.8. The second-order valence-corrected chi connectivity index (χ2v) is 6.07. The molecule has 3 rings (SSSR count). The van der Waals surface area contributed by atoms with Gasteiger partial charge in [0.2, 0.25) is 5.91 Å². The van der Waals surface area contributed by atoms with Crippen molar-refractivity contribution >= 4 is 23.2 Å². The minimum Gasteiger partial charge on any atom is -0.497 e. The number of hydrogen-bond acceptors (Lipinski definition) is 4. The normalized spacial score (nSPS) is 14.0. The van der Waals surface area contributed by atoms with Gasteiger partial charge in [-0.05, 0) is 43.2 Å². The van der Waals surface area contributed by atoms with Gasteiger partial charge in [-0.25, -0.2) is 0 Å². The summed E-state index contributed by atoms with van der Waals surface area (Å²) in [7, 11) is 1.58. The smallest absolute Gasteiger partial charge is 0.262 e. The van der Waals surface area contributed by atoms with Crippen LogP contribution in [-0.2, 0) is 9.59 Å². The number of rotatable bonds is 6. The summed E-state index contributed by atoms with van der Waals surface area (Å²) in [6.07, 6.45) is 2.51. The number of methoxy groups -OCH3 is 1. The van der Waals surface area contributed by atoms with Gasteiger partial charge >= 0.3 is 0 Å². The van der Waals surface area contributed by atoms with Crippen molar-refractivity contribution in [3.8, 4) is 11.5 Å². The molecule has 0 atom stereocenters. The molecule has 1 saturated heterocycles. The molecule has 1 N–H and O–H groups in total. The molecule has 136 valence electrons. The predicted octanol–water partition coefficient (Wildman–Crippen LogP) is 3.23. The molecule has 0 aromatic heterocycles. The van der Waals surface area contributed by atoms with Crippen molar-refractivity contribution in [2.24, 2.45) is 0 Å². The molecule has 1 heterocycles. The summed E-state index contributed by atoms with van der Waals surface area (Å²) in [5.41, 5.74) is 1.45. The first-order valence-electron chi connectivity index (χ1n) is 8.63. The van der Waals surface area contributed by atoms with Crippen molar-refractivity contribution in [3.63, 3.8) is 0 Å². The molecule has 26 heavy (non-hydrogen) atoms. The average Bonchev–Trinajstić information content (AvgIpc) is 2.67. The Bertz CT molecular complexity index is 791. The third-order valence-electron chi connectivity index (χ3n) is 4.18. The van der Waals surface area contributed by atoms with Gasteiger partial charge in [0.05, 0.1) is 7.11 Å². The Labute approximate surface area is 152 Å². The van der Waals surface area contributed by atoms with Crippen LogP contribution >= 0.6 is 0 Å². The maximum atomic E-state index is 12.1. The molecule has 0 bridgehead atoms. The van der Waals surface area contributed by atoms with Crippen LogP contribution in [0.1, 0.15) is 19.3 Å². The SMILES string of the molecule is COc1cccc(OCC(=O)Nc2cccc(N3CCCCC3=O)c2)c1. The lowest BCUT2D eigenvalue weighted by Crippen LogP contribution is -2.35. The van der Waals surface area contributed by atoms with E-state index in [4.69, 9.17) is 9.47 Å². The van der Waals surface area contributed by atoms with Crippen LogP contribution in [0.25, 0.3) is 0 Å². The van der Waals surface area contributed by atoms with E-state index in [9.17, 15) is 9.59 Å². The number of carbonyl (C=O) groups is 2. The molecular formula is C20H22N2O4. The van der Waals surface area contributed by atoms with Crippen molar-refractivity contribution in [1.82, 2.24) is 0 Å². The first-order chi connectivity index (χ1) is 12.7. The number of amides is 2. The van der Waals surface area contributed by atoms with E-state index in [-0.39, 0.29) is 18.4 Å². The van der Waals surface area contributed by atoms with Crippen molar-refractivity contribution in [2.75, 3.05) is 30.5 Å². The second kappa shape index (κ2) is 8.38. The van der Waals surface area contributed by atoms with Crippen LogP contribution in [-0.4, -0.2) is 32.1 Å². The van der Waals surface area contributed by atoms with Crippen LogP contribution in [0.3, 0.4) is 0 Å². The number of hydrogen-bond donors (Lipinski definition) is 1. The van der Waals surface area contributed by atoms with E-state index in [0.29, 0.717) is 23.6 Å². The van der Waals surface area contributed by atoms with Gasteiger partial charge < -0.3 is 19.7 Å².